The van der Waals surface area contributed by atoms with Crippen LogP contribution in [0, 0.1) is 0 Å². The number of hydrogen-bond donors (Lipinski definition) is 3. The number of anilines is 2. The highest BCUT2D eigenvalue weighted by Gasteiger charge is 2.24. The average molecular weight is 271 g/mol. The number of rotatable bonds is 5. The van der Waals surface area contributed by atoms with Crippen LogP contribution in [0.3, 0.4) is 0 Å². The Labute approximate surface area is 110 Å². The normalized spacial score (nSPS) is 14.2. The summed E-state index contributed by atoms with van der Waals surface area (Å²) >= 11 is 5.98. The predicted octanol–water partition coefficient (Wildman–Crippen LogP) is 0.130. The molecule has 98 valence electrons. The highest BCUT2D eigenvalue weighted by molar-refractivity contribution is 6.32. The van der Waals surface area contributed by atoms with Crippen molar-refractivity contribution < 1.29 is 4.79 Å². The monoisotopic (exact) mass is 270 g/mol. The van der Waals surface area contributed by atoms with E-state index in [0.29, 0.717) is 16.9 Å². The number of likely N-dealkylation sites (N-methyl/N-ethyl adjacent to an activating group) is 1. The number of carbonyl (C=O) groups is 1. The number of aromatic nitrogens is 2. The van der Waals surface area contributed by atoms with E-state index in [0.717, 1.165) is 12.8 Å². The van der Waals surface area contributed by atoms with Crippen molar-refractivity contribution >= 4 is 29.3 Å². The molecule has 1 aromatic heterocycles. The van der Waals surface area contributed by atoms with Crippen molar-refractivity contribution in [3.05, 3.63) is 11.2 Å². The molecule has 8 heteroatoms. The van der Waals surface area contributed by atoms with E-state index in [4.69, 9.17) is 17.4 Å². The molecular weight excluding hydrogens is 256 g/mol. The summed E-state index contributed by atoms with van der Waals surface area (Å²) in [5, 5.41) is 3.27. The first-order valence-corrected chi connectivity index (χ1v) is 5.97. The van der Waals surface area contributed by atoms with E-state index in [1.54, 1.807) is 11.9 Å². The minimum absolute atomic E-state index is 0.0445. The molecule has 0 radical (unpaired) electrons. The zero-order valence-electron chi connectivity index (χ0n) is 9.98. The average Bonchev–Trinajstić information content (AvgIpc) is 3.13. The summed E-state index contributed by atoms with van der Waals surface area (Å²) < 4.78 is 0. The Morgan fingerprint density at radius 2 is 2.39 bits per heavy atom. The lowest BCUT2D eigenvalue weighted by Crippen LogP contribution is -2.36. The summed E-state index contributed by atoms with van der Waals surface area (Å²) in [6.07, 6.45) is 3.56. The van der Waals surface area contributed by atoms with Gasteiger partial charge in [-0.05, 0) is 12.8 Å². The molecule has 0 spiro atoms. The van der Waals surface area contributed by atoms with E-state index < -0.39 is 0 Å². The number of hydrogen-bond acceptors (Lipinski definition) is 6. The van der Waals surface area contributed by atoms with Crippen LogP contribution in [-0.4, -0.2) is 35.5 Å². The molecule has 7 nitrogen and oxygen atoms in total. The molecule has 1 heterocycles. The third-order valence-electron chi connectivity index (χ3n) is 2.54. The maximum absolute atomic E-state index is 11.7. The first-order chi connectivity index (χ1) is 8.60. The molecule has 0 atom stereocenters. The second-order valence-electron chi connectivity index (χ2n) is 4.21. The Morgan fingerprint density at radius 1 is 1.67 bits per heavy atom. The van der Waals surface area contributed by atoms with Gasteiger partial charge in [-0.1, -0.05) is 11.6 Å². The summed E-state index contributed by atoms with van der Waals surface area (Å²) in [6.45, 7) is 0.192. The highest BCUT2D eigenvalue weighted by atomic mass is 35.5. The number of halogens is 1. The summed E-state index contributed by atoms with van der Waals surface area (Å²) in [5.74, 6) is 5.90. The van der Waals surface area contributed by atoms with Crippen LogP contribution in [0.4, 0.5) is 11.8 Å². The minimum atomic E-state index is -0.0445. The first-order valence-electron chi connectivity index (χ1n) is 5.60. The zero-order valence-corrected chi connectivity index (χ0v) is 10.7. The van der Waals surface area contributed by atoms with Crippen LogP contribution < -0.4 is 21.5 Å². The molecule has 1 aliphatic carbocycles. The number of nitrogens with two attached hydrogens (primary N) is 1. The maximum Gasteiger partial charge on any atom is 0.239 e. The molecule has 0 bridgehead atoms. The second-order valence-corrected chi connectivity index (χ2v) is 4.61. The lowest BCUT2D eigenvalue weighted by Gasteiger charge is -2.19. The Morgan fingerprint density at radius 3 is 3.00 bits per heavy atom. The van der Waals surface area contributed by atoms with Crippen molar-refractivity contribution in [2.24, 2.45) is 5.84 Å². The number of hydrazine groups is 1. The van der Waals surface area contributed by atoms with Crippen molar-refractivity contribution in [1.29, 1.82) is 0 Å². The van der Waals surface area contributed by atoms with Crippen LogP contribution in [-0.2, 0) is 4.79 Å². The number of amides is 1. The molecule has 4 N–H and O–H groups in total. The van der Waals surface area contributed by atoms with Crippen LogP contribution >= 0.6 is 11.6 Å². The van der Waals surface area contributed by atoms with Crippen LogP contribution in [0.5, 0.6) is 0 Å². The van der Waals surface area contributed by atoms with E-state index in [9.17, 15) is 4.79 Å². The molecule has 1 aliphatic rings. The fourth-order valence-corrected chi connectivity index (χ4v) is 1.72. The molecule has 18 heavy (non-hydrogen) atoms. The van der Waals surface area contributed by atoms with Crippen LogP contribution in [0.1, 0.15) is 12.8 Å². The lowest BCUT2D eigenvalue weighted by molar-refractivity contribution is -0.119. The number of nitrogens with zero attached hydrogens (tertiary/aromatic N) is 3. The standard InChI is InChI=1S/C10H15ClN6O/c1-17(5-8(18)14-6-2-3-6)9-7(11)4-13-10(15-9)16-12/h4,6H,2-3,5,12H2,1H3,(H,14,18)(H,13,15,16). The quantitative estimate of drug-likeness (QED) is 0.520. The topological polar surface area (TPSA) is 96.2 Å². The molecular formula is C10H15ClN6O. The molecule has 1 saturated carbocycles. The summed E-state index contributed by atoms with van der Waals surface area (Å²) in [4.78, 5) is 21.3. The van der Waals surface area contributed by atoms with Crippen molar-refractivity contribution in [2.45, 2.75) is 18.9 Å². The molecule has 1 aromatic rings. The maximum atomic E-state index is 11.7. The first kappa shape index (κ1) is 12.8. The second kappa shape index (κ2) is 5.36. The predicted molar refractivity (Wildman–Crippen MR) is 69.3 cm³/mol. The smallest absolute Gasteiger partial charge is 0.239 e. The van der Waals surface area contributed by atoms with Crippen LogP contribution in [0.15, 0.2) is 6.20 Å². The van der Waals surface area contributed by atoms with E-state index in [1.165, 1.54) is 6.20 Å². The molecule has 1 amide bonds. The Kier molecular flexibility index (Phi) is 3.83. The Hall–Kier alpha value is -1.60. The molecule has 2 rings (SSSR count). The van der Waals surface area contributed by atoms with Crippen molar-refractivity contribution in [3.8, 4) is 0 Å². The van der Waals surface area contributed by atoms with Crippen molar-refractivity contribution in [1.82, 2.24) is 15.3 Å². The van der Waals surface area contributed by atoms with Crippen LogP contribution in [0.25, 0.3) is 0 Å². The van der Waals surface area contributed by atoms with E-state index in [1.807, 2.05) is 0 Å². The molecule has 0 saturated heterocycles. The van der Waals surface area contributed by atoms with Gasteiger partial charge in [0.15, 0.2) is 5.82 Å². The van der Waals surface area contributed by atoms with Gasteiger partial charge in [0.05, 0.1) is 12.7 Å². The fourth-order valence-electron chi connectivity index (χ4n) is 1.49. The van der Waals surface area contributed by atoms with Crippen molar-refractivity contribution in [2.75, 3.05) is 23.9 Å². The zero-order chi connectivity index (χ0) is 13.1. The SMILES string of the molecule is CN(CC(=O)NC1CC1)c1nc(NN)ncc1Cl. The van der Waals surface area contributed by atoms with Gasteiger partial charge >= 0.3 is 0 Å². The largest absolute Gasteiger partial charge is 0.352 e. The van der Waals surface area contributed by atoms with Gasteiger partial charge in [0.2, 0.25) is 11.9 Å². The number of nitrogen functional groups attached to an aromatic ring is 1. The van der Waals surface area contributed by atoms with Gasteiger partial charge in [-0.3, -0.25) is 10.2 Å². The molecule has 0 aromatic carbocycles. The Balaban J connectivity index is 2.02. The lowest BCUT2D eigenvalue weighted by atomic mass is 10.4. The van der Waals surface area contributed by atoms with Gasteiger partial charge in [-0.2, -0.15) is 4.98 Å². The molecule has 1 fully saturated rings. The summed E-state index contributed by atoms with van der Waals surface area (Å²) in [5.41, 5.74) is 2.34. The Bertz CT molecular complexity index is 450. The summed E-state index contributed by atoms with van der Waals surface area (Å²) in [7, 11) is 1.74. The van der Waals surface area contributed by atoms with E-state index in [2.05, 4.69) is 20.7 Å². The minimum Gasteiger partial charge on any atom is -0.352 e. The molecule has 0 aliphatic heterocycles. The fraction of sp³-hybridized carbons (Fsp3) is 0.500. The van der Waals surface area contributed by atoms with Gasteiger partial charge in [-0.25, -0.2) is 10.8 Å². The van der Waals surface area contributed by atoms with E-state index in [-0.39, 0.29) is 18.4 Å². The number of carbonyl (C=O) groups excluding carboxylic acids is 1. The third kappa shape index (κ3) is 3.21. The van der Waals surface area contributed by atoms with Gasteiger partial charge in [0, 0.05) is 13.1 Å². The van der Waals surface area contributed by atoms with Gasteiger partial charge in [0.1, 0.15) is 5.02 Å². The van der Waals surface area contributed by atoms with Gasteiger partial charge in [0.25, 0.3) is 0 Å². The van der Waals surface area contributed by atoms with Gasteiger partial charge < -0.3 is 10.2 Å². The summed E-state index contributed by atoms with van der Waals surface area (Å²) in [6, 6.07) is 0.341. The highest BCUT2D eigenvalue weighted by Crippen LogP contribution is 2.22. The van der Waals surface area contributed by atoms with E-state index >= 15 is 0 Å². The number of nitrogens with one attached hydrogen (secondary N) is 2. The van der Waals surface area contributed by atoms with Crippen LogP contribution in [0.2, 0.25) is 5.02 Å². The third-order valence-corrected chi connectivity index (χ3v) is 2.81. The van der Waals surface area contributed by atoms with Crippen molar-refractivity contribution in [3.63, 3.8) is 0 Å². The van der Waals surface area contributed by atoms with Gasteiger partial charge in [-0.15, -0.1) is 0 Å². The molecule has 0 unspecified atom stereocenters.